The zero-order valence-electron chi connectivity index (χ0n) is 12.0. The van der Waals surface area contributed by atoms with E-state index in [1.807, 2.05) is 20.8 Å². The fraction of sp³-hybridized carbons (Fsp3) is 0.769. The highest BCUT2D eigenvalue weighted by Crippen LogP contribution is 2.19. The molecule has 1 fully saturated rings. The van der Waals surface area contributed by atoms with Gasteiger partial charge in [0.2, 0.25) is 5.91 Å². The van der Waals surface area contributed by atoms with Gasteiger partial charge in [-0.2, -0.15) is 0 Å². The molecule has 19 heavy (non-hydrogen) atoms. The highest BCUT2D eigenvalue weighted by Gasteiger charge is 2.29. The maximum Gasteiger partial charge on any atom is 0.410 e. The highest BCUT2D eigenvalue weighted by molar-refractivity contribution is 7.80. The number of amides is 2. The number of hydrogen-bond acceptors (Lipinski definition) is 4. The third-order valence-corrected chi connectivity index (χ3v) is 2.92. The van der Waals surface area contributed by atoms with E-state index in [9.17, 15) is 9.59 Å². The van der Waals surface area contributed by atoms with Crippen molar-refractivity contribution < 1.29 is 14.3 Å². The van der Waals surface area contributed by atoms with E-state index in [4.69, 9.17) is 17.0 Å². The SMILES string of the molecule is CC(=S)NC(=O)C1CCN(C(=O)OC(C)(C)C)CC1. The van der Waals surface area contributed by atoms with Crippen LogP contribution in [0.3, 0.4) is 0 Å². The van der Waals surface area contributed by atoms with E-state index in [1.54, 1.807) is 11.8 Å². The van der Waals surface area contributed by atoms with Crippen molar-refractivity contribution in [1.29, 1.82) is 0 Å². The van der Waals surface area contributed by atoms with Crippen LogP contribution in [-0.4, -0.2) is 40.6 Å². The minimum absolute atomic E-state index is 0.0451. The Bertz CT molecular complexity index is 369. The van der Waals surface area contributed by atoms with Crippen molar-refractivity contribution in [1.82, 2.24) is 10.2 Å². The molecule has 1 N–H and O–H groups in total. The zero-order chi connectivity index (χ0) is 14.6. The third kappa shape index (κ3) is 5.55. The maximum absolute atomic E-state index is 11.9. The fourth-order valence-electron chi connectivity index (χ4n) is 1.93. The topological polar surface area (TPSA) is 58.6 Å². The van der Waals surface area contributed by atoms with Crippen molar-refractivity contribution in [3.05, 3.63) is 0 Å². The zero-order valence-corrected chi connectivity index (χ0v) is 12.8. The van der Waals surface area contributed by atoms with Crippen molar-refractivity contribution in [3.8, 4) is 0 Å². The molecule has 0 aromatic heterocycles. The first-order valence-corrected chi connectivity index (χ1v) is 6.89. The Hall–Kier alpha value is -1.17. The van der Waals surface area contributed by atoms with E-state index in [2.05, 4.69) is 5.32 Å². The van der Waals surface area contributed by atoms with E-state index < -0.39 is 5.60 Å². The second-order valence-electron chi connectivity index (χ2n) is 5.79. The standard InChI is InChI=1S/C13H22N2O3S/c1-9(19)14-11(16)10-5-7-15(8-6-10)12(17)18-13(2,3)4/h10H,5-8H2,1-4H3,(H,14,16,19). The number of carbonyl (C=O) groups is 2. The van der Waals surface area contributed by atoms with Crippen molar-refractivity contribution in [2.75, 3.05) is 13.1 Å². The van der Waals surface area contributed by atoms with Gasteiger partial charge in [-0.25, -0.2) is 4.79 Å². The first-order valence-electron chi connectivity index (χ1n) is 6.48. The monoisotopic (exact) mass is 286 g/mol. The number of nitrogens with zero attached hydrogens (tertiary/aromatic N) is 1. The molecule has 1 saturated heterocycles. The predicted molar refractivity (Wildman–Crippen MR) is 76.9 cm³/mol. The number of thiocarbonyl (C=S) groups is 1. The molecule has 1 aliphatic heterocycles. The molecular weight excluding hydrogens is 264 g/mol. The van der Waals surface area contributed by atoms with Gasteiger partial charge in [0.25, 0.3) is 0 Å². The van der Waals surface area contributed by atoms with E-state index in [-0.39, 0.29) is 17.9 Å². The molecule has 0 atom stereocenters. The molecule has 0 saturated carbocycles. The van der Waals surface area contributed by atoms with Crippen LogP contribution in [0.1, 0.15) is 40.5 Å². The quantitative estimate of drug-likeness (QED) is 0.750. The Morgan fingerprint density at radius 2 is 1.79 bits per heavy atom. The summed E-state index contributed by atoms with van der Waals surface area (Å²) in [6.45, 7) is 8.30. The number of hydrogen-bond donors (Lipinski definition) is 1. The summed E-state index contributed by atoms with van der Waals surface area (Å²) in [4.78, 5) is 25.8. The van der Waals surface area contributed by atoms with Gasteiger partial charge in [0.05, 0.1) is 4.99 Å². The third-order valence-electron chi connectivity index (χ3n) is 2.82. The van der Waals surface area contributed by atoms with Crippen LogP contribution in [0.25, 0.3) is 0 Å². The Kier molecular flexibility index (Phi) is 5.29. The maximum atomic E-state index is 11.9. The van der Waals surface area contributed by atoms with Crippen LogP contribution in [0.15, 0.2) is 0 Å². The summed E-state index contributed by atoms with van der Waals surface area (Å²) >= 11 is 4.85. The molecule has 2 amide bonds. The first kappa shape index (κ1) is 15.9. The molecular formula is C13H22N2O3S. The summed E-state index contributed by atoms with van der Waals surface area (Å²) in [5.41, 5.74) is -0.486. The summed E-state index contributed by atoms with van der Waals surface area (Å²) in [6.07, 6.45) is 0.985. The minimum Gasteiger partial charge on any atom is -0.444 e. The largest absolute Gasteiger partial charge is 0.444 e. The number of nitrogens with one attached hydrogen (secondary N) is 1. The van der Waals surface area contributed by atoms with E-state index >= 15 is 0 Å². The average molecular weight is 286 g/mol. The average Bonchev–Trinajstić information content (AvgIpc) is 2.26. The number of carbonyl (C=O) groups excluding carboxylic acids is 2. The lowest BCUT2D eigenvalue weighted by Crippen LogP contribution is -2.45. The Morgan fingerprint density at radius 3 is 2.21 bits per heavy atom. The van der Waals surface area contributed by atoms with Crippen molar-refractivity contribution in [3.63, 3.8) is 0 Å². The summed E-state index contributed by atoms with van der Waals surface area (Å²) in [7, 11) is 0. The van der Waals surface area contributed by atoms with Gasteiger partial charge in [0.15, 0.2) is 0 Å². The lowest BCUT2D eigenvalue weighted by Gasteiger charge is -2.32. The Labute approximate surface area is 119 Å². The van der Waals surface area contributed by atoms with E-state index in [0.717, 1.165) is 0 Å². The first-order chi connectivity index (χ1) is 8.69. The molecule has 0 spiro atoms. The molecule has 1 aliphatic rings. The number of rotatable bonds is 1. The molecule has 0 aromatic carbocycles. The Morgan fingerprint density at radius 1 is 1.26 bits per heavy atom. The molecule has 1 rings (SSSR count). The summed E-state index contributed by atoms with van der Waals surface area (Å²) in [6, 6.07) is 0. The van der Waals surface area contributed by atoms with Crippen LogP contribution in [0.4, 0.5) is 4.79 Å². The lowest BCUT2D eigenvalue weighted by atomic mass is 9.96. The molecule has 6 heteroatoms. The van der Waals surface area contributed by atoms with Crippen LogP contribution in [-0.2, 0) is 9.53 Å². The molecule has 1 heterocycles. The van der Waals surface area contributed by atoms with Crippen LogP contribution < -0.4 is 5.32 Å². The van der Waals surface area contributed by atoms with Crippen LogP contribution in [0.2, 0.25) is 0 Å². The van der Waals surface area contributed by atoms with Gasteiger partial charge in [-0.15, -0.1) is 0 Å². The fourth-order valence-corrected chi connectivity index (χ4v) is 2.03. The highest BCUT2D eigenvalue weighted by atomic mass is 32.1. The minimum atomic E-state index is -0.486. The van der Waals surface area contributed by atoms with Gasteiger partial charge in [0.1, 0.15) is 5.60 Å². The molecule has 5 nitrogen and oxygen atoms in total. The molecule has 0 aliphatic carbocycles. The summed E-state index contributed by atoms with van der Waals surface area (Å²) in [5.74, 6) is -0.118. The van der Waals surface area contributed by atoms with E-state index in [1.165, 1.54) is 0 Å². The predicted octanol–water partition coefficient (Wildman–Crippen LogP) is 2.10. The van der Waals surface area contributed by atoms with Crippen molar-refractivity contribution in [2.45, 2.75) is 46.1 Å². The smallest absolute Gasteiger partial charge is 0.410 e. The Balaban J connectivity index is 2.42. The second-order valence-corrected chi connectivity index (χ2v) is 6.40. The molecule has 0 bridgehead atoms. The van der Waals surface area contributed by atoms with Crippen LogP contribution >= 0.6 is 12.2 Å². The molecule has 0 radical (unpaired) electrons. The number of likely N-dealkylation sites (tertiary alicyclic amines) is 1. The van der Waals surface area contributed by atoms with E-state index in [0.29, 0.717) is 30.9 Å². The summed E-state index contributed by atoms with van der Waals surface area (Å²) < 4.78 is 5.30. The van der Waals surface area contributed by atoms with Gasteiger partial charge in [0, 0.05) is 19.0 Å². The second kappa shape index (κ2) is 6.32. The van der Waals surface area contributed by atoms with Crippen LogP contribution in [0, 0.1) is 5.92 Å². The molecule has 108 valence electrons. The lowest BCUT2D eigenvalue weighted by molar-refractivity contribution is -0.124. The van der Waals surface area contributed by atoms with Crippen LogP contribution in [0.5, 0.6) is 0 Å². The van der Waals surface area contributed by atoms with Gasteiger partial charge in [-0.3, -0.25) is 4.79 Å². The number of ether oxygens (including phenoxy) is 1. The summed E-state index contributed by atoms with van der Waals surface area (Å²) in [5, 5.41) is 2.65. The van der Waals surface area contributed by atoms with Gasteiger partial charge in [-0.05, 0) is 40.5 Å². The van der Waals surface area contributed by atoms with Gasteiger partial charge < -0.3 is 15.0 Å². The number of piperidine rings is 1. The van der Waals surface area contributed by atoms with Gasteiger partial charge >= 0.3 is 6.09 Å². The molecule has 0 unspecified atom stereocenters. The van der Waals surface area contributed by atoms with Crippen molar-refractivity contribution >= 4 is 29.2 Å². The molecule has 0 aromatic rings. The normalized spacial score (nSPS) is 16.9. The van der Waals surface area contributed by atoms with Gasteiger partial charge in [-0.1, -0.05) is 12.2 Å². The van der Waals surface area contributed by atoms with Crippen molar-refractivity contribution in [2.24, 2.45) is 5.92 Å².